The van der Waals surface area contributed by atoms with Crippen LogP contribution >= 0.6 is 11.6 Å². The molecule has 0 aliphatic rings. The van der Waals surface area contributed by atoms with E-state index in [2.05, 4.69) is 44.2 Å². The number of nitriles is 1. The third kappa shape index (κ3) is 4.21. The second-order valence-corrected chi connectivity index (χ2v) is 5.47. The Hall–Kier alpha value is -1.24. The standard InChI is InChI=1S/C14H20ClN3/c1-10(2)14(9-18(3)4)17-12-6-5-11(8-16)13(15)7-12/h5-7,10,14,17H,9H2,1-4H3. The minimum absolute atomic E-state index is 0.351. The van der Waals surface area contributed by atoms with Crippen LogP contribution in [0.4, 0.5) is 5.69 Å². The maximum Gasteiger partial charge on any atom is 0.101 e. The molecule has 0 amide bonds. The molecule has 0 aliphatic carbocycles. The molecule has 0 spiro atoms. The molecule has 1 aromatic rings. The number of hydrogen-bond donors (Lipinski definition) is 1. The molecule has 18 heavy (non-hydrogen) atoms. The number of nitrogens with zero attached hydrogens (tertiary/aromatic N) is 2. The van der Waals surface area contributed by atoms with E-state index in [-0.39, 0.29) is 0 Å². The highest BCUT2D eigenvalue weighted by Crippen LogP contribution is 2.22. The number of anilines is 1. The Labute approximate surface area is 114 Å². The lowest BCUT2D eigenvalue weighted by Gasteiger charge is -2.26. The largest absolute Gasteiger partial charge is 0.381 e. The third-order valence-corrected chi connectivity index (χ3v) is 3.12. The summed E-state index contributed by atoms with van der Waals surface area (Å²) in [5.74, 6) is 0.516. The summed E-state index contributed by atoms with van der Waals surface area (Å²) in [7, 11) is 4.12. The van der Waals surface area contributed by atoms with Gasteiger partial charge in [0.1, 0.15) is 6.07 Å². The fraction of sp³-hybridized carbons (Fsp3) is 0.500. The molecule has 0 saturated heterocycles. The highest BCUT2D eigenvalue weighted by molar-refractivity contribution is 6.32. The summed E-state index contributed by atoms with van der Waals surface area (Å²) in [4.78, 5) is 2.16. The van der Waals surface area contributed by atoms with E-state index in [0.717, 1.165) is 12.2 Å². The first-order chi connectivity index (χ1) is 8.43. The van der Waals surface area contributed by atoms with Crippen molar-refractivity contribution < 1.29 is 0 Å². The second kappa shape index (κ2) is 6.63. The smallest absolute Gasteiger partial charge is 0.101 e. The van der Waals surface area contributed by atoms with Gasteiger partial charge in [0.25, 0.3) is 0 Å². The van der Waals surface area contributed by atoms with E-state index in [1.54, 1.807) is 6.07 Å². The van der Waals surface area contributed by atoms with Crippen molar-refractivity contribution in [3.05, 3.63) is 28.8 Å². The number of nitrogens with one attached hydrogen (secondary N) is 1. The number of halogens is 1. The minimum atomic E-state index is 0.351. The van der Waals surface area contributed by atoms with Crippen LogP contribution in [-0.4, -0.2) is 31.6 Å². The summed E-state index contributed by atoms with van der Waals surface area (Å²) in [6.07, 6.45) is 0. The molecular formula is C14H20ClN3. The average Bonchev–Trinajstić information content (AvgIpc) is 2.27. The van der Waals surface area contributed by atoms with E-state index < -0.39 is 0 Å². The molecule has 0 bridgehead atoms. The van der Waals surface area contributed by atoms with Gasteiger partial charge in [0.2, 0.25) is 0 Å². The van der Waals surface area contributed by atoms with E-state index in [0.29, 0.717) is 22.5 Å². The van der Waals surface area contributed by atoms with Crippen molar-refractivity contribution in [3.63, 3.8) is 0 Å². The molecule has 1 unspecified atom stereocenters. The quantitative estimate of drug-likeness (QED) is 0.889. The highest BCUT2D eigenvalue weighted by atomic mass is 35.5. The molecule has 98 valence electrons. The topological polar surface area (TPSA) is 39.1 Å². The van der Waals surface area contributed by atoms with Crippen LogP contribution in [0.15, 0.2) is 18.2 Å². The Bertz CT molecular complexity index is 435. The van der Waals surface area contributed by atoms with Gasteiger partial charge in [-0.05, 0) is 38.2 Å². The summed E-state index contributed by atoms with van der Waals surface area (Å²) in [5.41, 5.74) is 1.47. The van der Waals surface area contributed by atoms with Crippen molar-refractivity contribution in [2.45, 2.75) is 19.9 Å². The van der Waals surface area contributed by atoms with Crippen molar-refractivity contribution >= 4 is 17.3 Å². The molecule has 0 aliphatic heterocycles. The number of benzene rings is 1. The highest BCUT2D eigenvalue weighted by Gasteiger charge is 2.14. The van der Waals surface area contributed by atoms with Gasteiger partial charge in [0.15, 0.2) is 0 Å². The van der Waals surface area contributed by atoms with Gasteiger partial charge in [-0.3, -0.25) is 0 Å². The van der Waals surface area contributed by atoms with Crippen LogP contribution < -0.4 is 5.32 Å². The van der Waals surface area contributed by atoms with Gasteiger partial charge in [-0.25, -0.2) is 0 Å². The van der Waals surface area contributed by atoms with Crippen LogP contribution in [0.2, 0.25) is 5.02 Å². The zero-order valence-corrected chi connectivity index (χ0v) is 12.1. The van der Waals surface area contributed by atoms with E-state index in [1.807, 2.05) is 12.1 Å². The molecule has 3 nitrogen and oxygen atoms in total. The molecule has 0 radical (unpaired) electrons. The lowest BCUT2D eigenvalue weighted by atomic mass is 10.0. The molecule has 1 N–H and O–H groups in total. The van der Waals surface area contributed by atoms with Crippen LogP contribution in [0.3, 0.4) is 0 Å². The Kier molecular flexibility index (Phi) is 5.46. The molecule has 1 aromatic carbocycles. The fourth-order valence-electron chi connectivity index (χ4n) is 1.73. The van der Waals surface area contributed by atoms with Crippen molar-refractivity contribution in [1.82, 2.24) is 4.90 Å². The predicted octanol–water partition coefficient (Wildman–Crippen LogP) is 3.21. The van der Waals surface area contributed by atoms with E-state index in [1.165, 1.54) is 0 Å². The van der Waals surface area contributed by atoms with Crippen LogP contribution in [0.5, 0.6) is 0 Å². The molecule has 1 rings (SSSR count). The Morgan fingerprint density at radius 3 is 2.50 bits per heavy atom. The van der Waals surface area contributed by atoms with Crippen molar-refractivity contribution in [2.24, 2.45) is 5.92 Å². The van der Waals surface area contributed by atoms with E-state index >= 15 is 0 Å². The monoisotopic (exact) mass is 265 g/mol. The normalized spacial score (nSPS) is 12.6. The van der Waals surface area contributed by atoms with Gasteiger partial charge < -0.3 is 10.2 Å². The van der Waals surface area contributed by atoms with Gasteiger partial charge in [-0.1, -0.05) is 25.4 Å². The van der Waals surface area contributed by atoms with E-state index in [9.17, 15) is 0 Å². The first-order valence-corrected chi connectivity index (χ1v) is 6.42. The van der Waals surface area contributed by atoms with Crippen molar-refractivity contribution in [1.29, 1.82) is 5.26 Å². The number of likely N-dealkylation sites (N-methyl/N-ethyl adjacent to an activating group) is 1. The molecular weight excluding hydrogens is 246 g/mol. The molecule has 0 heterocycles. The Balaban J connectivity index is 2.81. The lowest BCUT2D eigenvalue weighted by molar-refractivity contribution is 0.344. The number of hydrogen-bond acceptors (Lipinski definition) is 3. The van der Waals surface area contributed by atoms with Crippen molar-refractivity contribution in [2.75, 3.05) is 26.0 Å². The maximum atomic E-state index is 8.84. The zero-order chi connectivity index (χ0) is 13.7. The summed E-state index contributed by atoms with van der Waals surface area (Å²) in [6.45, 7) is 5.33. The summed E-state index contributed by atoms with van der Waals surface area (Å²) in [5, 5.41) is 12.8. The van der Waals surface area contributed by atoms with Gasteiger partial charge in [0, 0.05) is 18.3 Å². The summed E-state index contributed by atoms with van der Waals surface area (Å²) in [6, 6.07) is 7.87. The van der Waals surface area contributed by atoms with Crippen LogP contribution in [0, 0.1) is 17.2 Å². The molecule has 1 atom stereocenters. The van der Waals surface area contributed by atoms with Gasteiger partial charge >= 0.3 is 0 Å². The average molecular weight is 266 g/mol. The van der Waals surface area contributed by atoms with Gasteiger partial charge in [0.05, 0.1) is 10.6 Å². The SMILES string of the molecule is CC(C)C(CN(C)C)Nc1ccc(C#N)c(Cl)c1. The summed E-state index contributed by atoms with van der Waals surface area (Å²) < 4.78 is 0. The third-order valence-electron chi connectivity index (χ3n) is 2.81. The second-order valence-electron chi connectivity index (χ2n) is 5.06. The first-order valence-electron chi connectivity index (χ1n) is 6.05. The Morgan fingerprint density at radius 2 is 2.06 bits per heavy atom. The Morgan fingerprint density at radius 1 is 1.39 bits per heavy atom. The van der Waals surface area contributed by atoms with Crippen LogP contribution in [-0.2, 0) is 0 Å². The van der Waals surface area contributed by atoms with E-state index in [4.69, 9.17) is 16.9 Å². The zero-order valence-electron chi connectivity index (χ0n) is 11.4. The lowest BCUT2D eigenvalue weighted by Crippen LogP contribution is -2.36. The van der Waals surface area contributed by atoms with Gasteiger partial charge in [-0.2, -0.15) is 5.26 Å². The maximum absolute atomic E-state index is 8.84. The molecule has 0 aromatic heterocycles. The first kappa shape index (κ1) is 14.8. The van der Waals surface area contributed by atoms with Crippen LogP contribution in [0.25, 0.3) is 0 Å². The fourth-order valence-corrected chi connectivity index (χ4v) is 1.95. The van der Waals surface area contributed by atoms with Gasteiger partial charge in [-0.15, -0.1) is 0 Å². The van der Waals surface area contributed by atoms with Crippen molar-refractivity contribution in [3.8, 4) is 6.07 Å². The number of rotatable bonds is 5. The molecule has 4 heteroatoms. The molecule has 0 fully saturated rings. The minimum Gasteiger partial charge on any atom is -0.381 e. The predicted molar refractivity (Wildman–Crippen MR) is 77.0 cm³/mol. The van der Waals surface area contributed by atoms with Crippen LogP contribution in [0.1, 0.15) is 19.4 Å². The summed E-state index contributed by atoms with van der Waals surface area (Å²) >= 11 is 6.03. The molecule has 0 saturated carbocycles.